The number of benzene rings is 1. The molecule has 7 heteroatoms. The first-order valence-electron chi connectivity index (χ1n) is 4.97. The van der Waals surface area contributed by atoms with Gasteiger partial charge < -0.3 is 11.1 Å². The molecule has 3 N–H and O–H groups in total. The summed E-state index contributed by atoms with van der Waals surface area (Å²) >= 11 is 5.65. The van der Waals surface area contributed by atoms with Crippen molar-refractivity contribution < 1.29 is 9.72 Å². The van der Waals surface area contributed by atoms with Gasteiger partial charge in [0.2, 0.25) is 5.91 Å². The normalized spacial score (nSPS) is 16.4. The summed E-state index contributed by atoms with van der Waals surface area (Å²) in [6.07, 6.45) is 1.27. The molecule has 0 aliphatic heterocycles. The zero-order chi connectivity index (χ0) is 12.6. The van der Waals surface area contributed by atoms with Crippen molar-refractivity contribution >= 4 is 28.9 Å². The number of nitrogens with one attached hydrogen (secondary N) is 1. The fraction of sp³-hybridized carbons (Fsp3) is 0.300. The van der Waals surface area contributed by atoms with Gasteiger partial charge in [-0.25, -0.2) is 0 Å². The predicted octanol–water partition coefficient (Wildman–Crippen LogP) is 1.68. The molecule has 0 atom stereocenters. The highest BCUT2D eigenvalue weighted by Gasteiger charge is 2.46. The molecular formula is C10H10ClN3O3. The largest absolute Gasteiger partial charge is 0.324 e. The Labute approximate surface area is 102 Å². The molecule has 1 aliphatic rings. The van der Waals surface area contributed by atoms with Crippen molar-refractivity contribution in [1.29, 1.82) is 0 Å². The van der Waals surface area contributed by atoms with E-state index in [9.17, 15) is 14.9 Å². The number of nitro groups is 1. The molecule has 6 nitrogen and oxygen atoms in total. The number of hydrogen-bond acceptors (Lipinski definition) is 4. The van der Waals surface area contributed by atoms with Gasteiger partial charge in [0.25, 0.3) is 5.69 Å². The van der Waals surface area contributed by atoms with Crippen molar-refractivity contribution in [2.75, 3.05) is 5.32 Å². The van der Waals surface area contributed by atoms with Crippen LogP contribution in [-0.2, 0) is 4.79 Å². The molecule has 0 unspecified atom stereocenters. The van der Waals surface area contributed by atoms with Crippen LogP contribution in [0.4, 0.5) is 11.4 Å². The second-order valence-electron chi connectivity index (χ2n) is 4.03. The van der Waals surface area contributed by atoms with Crippen LogP contribution in [0.15, 0.2) is 18.2 Å². The number of halogens is 1. The van der Waals surface area contributed by atoms with Crippen LogP contribution in [0.1, 0.15) is 12.8 Å². The van der Waals surface area contributed by atoms with Gasteiger partial charge in [-0.3, -0.25) is 14.9 Å². The maximum Gasteiger partial charge on any atom is 0.289 e. The molecule has 0 bridgehead atoms. The number of rotatable bonds is 3. The average molecular weight is 256 g/mol. The van der Waals surface area contributed by atoms with Crippen LogP contribution in [0.2, 0.25) is 5.02 Å². The third-order valence-electron chi connectivity index (χ3n) is 2.64. The standard InChI is InChI=1S/C10H10ClN3O3/c11-7-2-1-6(5-8(7)14(16)17)13-9(15)10(12)3-4-10/h1-2,5H,3-4,12H2,(H,13,15). The van der Waals surface area contributed by atoms with Gasteiger partial charge in [-0.05, 0) is 25.0 Å². The number of amides is 1. The highest BCUT2D eigenvalue weighted by atomic mass is 35.5. The fourth-order valence-electron chi connectivity index (χ4n) is 1.35. The van der Waals surface area contributed by atoms with Crippen molar-refractivity contribution in [2.45, 2.75) is 18.4 Å². The molecule has 1 aromatic rings. The first-order chi connectivity index (χ1) is 7.92. The average Bonchev–Trinajstić information content (AvgIpc) is 3.00. The van der Waals surface area contributed by atoms with E-state index in [2.05, 4.69) is 5.32 Å². The van der Waals surface area contributed by atoms with Crippen LogP contribution in [0.25, 0.3) is 0 Å². The molecule has 90 valence electrons. The number of hydrogen-bond donors (Lipinski definition) is 2. The number of nitrogens with zero attached hydrogens (tertiary/aromatic N) is 1. The van der Waals surface area contributed by atoms with Gasteiger partial charge >= 0.3 is 0 Å². The lowest BCUT2D eigenvalue weighted by Crippen LogP contribution is -2.37. The minimum absolute atomic E-state index is 0.0295. The van der Waals surface area contributed by atoms with Crippen LogP contribution in [0.3, 0.4) is 0 Å². The van der Waals surface area contributed by atoms with E-state index in [0.717, 1.165) is 0 Å². The lowest BCUT2D eigenvalue weighted by molar-refractivity contribution is -0.384. The van der Waals surface area contributed by atoms with Gasteiger partial charge in [-0.1, -0.05) is 11.6 Å². The molecule has 0 aromatic heterocycles. The van der Waals surface area contributed by atoms with E-state index in [1.165, 1.54) is 18.2 Å². The second kappa shape index (κ2) is 3.97. The lowest BCUT2D eigenvalue weighted by atomic mass is 10.2. The van der Waals surface area contributed by atoms with E-state index in [1.54, 1.807) is 0 Å². The maximum absolute atomic E-state index is 11.6. The Hall–Kier alpha value is -1.66. The van der Waals surface area contributed by atoms with Gasteiger partial charge in [-0.2, -0.15) is 0 Å². The molecule has 1 saturated carbocycles. The summed E-state index contributed by atoms with van der Waals surface area (Å²) in [6.45, 7) is 0. The summed E-state index contributed by atoms with van der Waals surface area (Å²) in [5, 5.41) is 13.2. The van der Waals surface area contributed by atoms with Crippen LogP contribution in [0.5, 0.6) is 0 Å². The summed E-state index contributed by atoms with van der Waals surface area (Å²) in [5.41, 5.74) is 4.96. The van der Waals surface area contributed by atoms with Gasteiger partial charge in [0, 0.05) is 11.8 Å². The van der Waals surface area contributed by atoms with Crippen molar-refractivity contribution in [3.8, 4) is 0 Å². The van der Waals surface area contributed by atoms with Crippen molar-refractivity contribution in [2.24, 2.45) is 5.73 Å². The topological polar surface area (TPSA) is 98.3 Å². The summed E-state index contributed by atoms with van der Waals surface area (Å²) in [6, 6.07) is 4.08. The van der Waals surface area contributed by atoms with Crippen molar-refractivity contribution in [3.63, 3.8) is 0 Å². The van der Waals surface area contributed by atoms with Crippen molar-refractivity contribution in [3.05, 3.63) is 33.3 Å². The summed E-state index contributed by atoms with van der Waals surface area (Å²) in [5.74, 6) is -0.325. The molecule has 0 spiro atoms. The quantitative estimate of drug-likeness (QED) is 0.634. The first-order valence-corrected chi connectivity index (χ1v) is 5.34. The number of carbonyl (C=O) groups excluding carboxylic acids is 1. The molecule has 1 fully saturated rings. The Bertz CT molecular complexity index is 500. The Morgan fingerprint density at radius 1 is 1.53 bits per heavy atom. The van der Waals surface area contributed by atoms with Crippen molar-refractivity contribution in [1.82, 2.24) is 0 Å². The molecule has 0 saturated heterocycles. The van der Waals surface area contributed by atoms with Gasteiger partial charge in [0.15, 0.2) is 0 Å². The Morgan fingerprint density at radius 2 is 2.18 bits per heavy atom. The maximum atomic E-state index is 11.6. The van der Waals surface area contributed by atoms with E-state index in [1.807, 2.05) is 0 Å². The Morgan fingerprint density at radius 3 is 2.71 bits per heavy atom. The Balaban J connectivity index is 2.19. The van der Waals surface area contributed by atoms with Crippen LogP contribution < -0.4 is 11.1 Å². The third-order valence-corrected chi connectivity index (χ3v) is 2.96. The van der Waals surface area contributed by atoms with E-state index in [0.29, 0.717) is 18.5 Å². The summed E-state index contributed by atoms with van der Waals surface area (Å²) in [4.78, 5) is 21.7. The van der Waals surface area contributed by atoms with Crippen LogP contribution in [-0.4, -0.2) is 16.4 Å². The summed E-state index contributed by atoms with van der Waals surface area (Å²) < 4.78 is 0. The molecular weight excluding hydrogens is 246 g/mol. The number of nitrogens with two attached hydrogens (primary N) is 1. The molecule has 1 aromatic carbocycles. The van der Waals surface area contributed by atoms with E-state index in [-0.39, 0.29) is 16.6 Å². The zero-order valence-corrected chi connectivity index (χ0v) is 9.53. The third kappa shape index (κ3) is 2.37. The van der Waals surface area contributed by atoms with Crippen LogP contribution >= 0.6 is 11.6 Å². The number of carbonyl (C=O) groups is 1. The lowest BCUT2D eigenvalue weighted by Gasteiger charge is -2.09. The highest BCUT2D eigenvalue weighted by molar-refractivity contribution is 6.32. The molecule has 1 amide bonds. The molecule has 0 radical (unpaired) electrons. The van der Waals surface area contributed by atoms with Crippen LogP contribution in [0, 0.1) is 10.1 Å². The monoisotopic (exact) mass is 255 g/mol. The minimum atomic E-state index is -0.811. The smallest absolute Gasteiger partial charge is 0.289 e. The number of nitro benzene ring substituents is 1. The molecule has 1 aliphatic carbocycles. The SMILES string of the molecule is NC1(C(=O)Nc2ccc(Cl)c([N+](=O)[O-])c2)CC1. The van der Waals surface area contributed by atoms with Gasteiger partial charge in [-0.15, -0.1) is 0 Å². The van der Waals surface area contributed by atoms with E-state index >= 15 is 0 Å². The van der Waals surface area contributed by atoms with Gasteiger partial charge in [0.1, 0.15) is 5.02 Å². The predicted molar refractivity (Wildman–Crippen MR) is 62.9 cm³/mol. The van der Waals surface area contributed by atoms with E-state index < -0.39 is 10.5 Å². The van der Waals surface area contributed by atoms with Gasteiger partial charge in [0.05, 0.1) is 10.5 Å². The summed E-state index contributed by atoms with van der Waals surface area (Å²) in [7, 11) is 0. The zero-order valence-electron chi connectivity index (χ0n) is 8.77. The second-order valence-corrected chi connectivity index (χ2v) is 4.44. The fourth-order valence-corrected chi connectivity index (χ4v) is 1.53. The molecule has 17 heavy (non-hydrogen) atoms. The first kappa shape index (κ1) is 11.8. The number of anilines is 1. The minimum Gasteiger partial charge on any atom is -0.324 e. The highest BCUT2D eigenvalue weighted by Crippen LogP contribution is 2.34. The van der Waals surface area contributed by atoms with E-state index in [4.69, 9.17) is 17.3 Å². The Kier molecular flexibility index (Phi) is 2.76. The molecule has 2 rings (SSSR count). The molecule has 0 heterocycles.